The Balaban J connectivity index is 1.27. The van der Waals surface area contributed by atoms with Gasteiger partial charge in [0.2, 0.25) is 5.76 Å². The summed E-state index contributed by atoms with van der Waals surface area (Å²) in [4.78, 5) is 35.1. The van der Waals surface area contributed by atoms with Gasteiger partial charge in [-0.1, -0.05) is 37.3 Å². The molecular weight excluding hydrogens is 535 g/mol. The van der Waals surface area contributed by atoms with E-state index in [1.54, 1.807) is 41.3 Å². The molecule has 41 heavy (non-hydrogen) atoms. The smallest absolute Gasteiger partial charge is 0.417 e. The lowest BCUT2D eigenvalue weighted by Crippen LogP contribution is -2.34. The van der Waals surface area contributed by atoms with E-state index >= 15 is 0 Å². The van der Waals surface area contributed by atoms with Crippen LogP contribution in [-0.2, 0) is 6.18 Å². The number of piperidine rings is 1. The van der Waals surface area contributed by atoms with E-state index in [4.69, 9.17) is 4.42 Å². The van der Waals surface area contributed by atoms with Crippen LogP contribution in [0.2, 0.25) is 0 Å². The molecule has 4 aromatic rings. The third kappa shape index (κ3) is 6.40. The third-order valence-corrected chi connectivity index (χ3v) is 6.88. The third-order valence-electron chi connectivity index (χ3n) is 6.88. The highest BCUT2D eigenvalue weighted by atomic mass is 19.4. The van der Waals surface area contributed by atoms with E-state index in [2.05, 4.69) is 20.6 Å². The van der Waals surface area contributed by atoms with Gasteiger partial charge in [-0.2, -0.15) is 18.2 Å². The Labute approximate surface area is 234 Å². The van der Waals surface area contributed by atoms with Gasteiger partial charge < -0.3 is 20.0 Å². The maximum atomic E-state index is 13.7. The number of hydrogen-bond acceptors (Lipinski definition) is 6. The van der Waals surface area contributed by atoms with Crippen molar-refractivity contribution in [1.29, 1.82) is 0 Å². The van der Waals surface area contributed by atoms with E-state index in [1.165, 1.54) is 6.20 Å². The van der Waals surface area contributed by atoms with Gasteiger partial charge in [-0.25, -0.2) is 0 Å². The van der Waals surface area contributed by atoms with Crippen LogP contribution in [0.1, 0.15) is 51.9 Å². The van der Waals surface area contributed by atoms with Crippen molar-refractivity contribution in [3.05, 3.63) is 89.4 Å². The molecule has 1 aliphatic heterocycles. The van der Waals surface area contributed by atoms with Crippen molar-refractivity contribution in [3.63, 3.8) is 0 Å². The number of nitrogens with zero attached hydrogens (tertiary/aromatic N) is 3. The monoisotopic (exact) mass is 563 g/mol. The van der Waals surface area contributed by atoms with E-state index in [0.717, 1.165) is 18.4 Å². The van der Waals surface area contributed by atoms with Crippen LogP contribution in [0.15, 0.2) is 71.3 Å². The number of aryl methyl sites for hydroxylation is 1. The second-order valence-corrected chi connectivity index (χ2v) is 10.1. The first-order valence-corrected chi connectivity index (χ1v) is 13.2. The maximum Gasteiger partial charge on any atom is 0.437 e. The second kappa shape index (κ2) is 11.4. The summed E-state index contributed by atoms with van der Waals surface area (Å²) >= 11 is 0. The van der Waals surface area contributed by atoms with E-state index < -0.39 is 23.5 Å². The summed E-state index contributed by atoms with van der Waals surface area (Å²) in [6, 6.07) is 17.0. The van der Waals surface area contributed by atoms with Crippen LogP contribution >= 0.6 is 0 Å². The molecule has 2 N–H and O–H groups in total. The summed E-state index contributed by atoms with van der Waals surface area (Å²) in [6.07, 6.45) is -1.62. The molecule has 1 atom stereocenters. The zero-order chi connectivity index (χ0) is 29.1. The molecule has 1 aliphatic rings. The molecule has 0 aliphatic carbocycles. The Bertz CT molecular complexity index is 1550. The summed E-state index contributed by atoms with van der Waals surface area (Å²) in [5.41, 5.74) is 2.21. The van der Waals surface area contributed by atoms with Crippen molar-refractivity contribution in [2.45, 2.75) is 32.9 Å². The number of oxazole rings is 1. The van der Waals surface area contributed by atoms with E-state index in [0.29, 0.717) is 35.6 Å². The highest BCUT2D eigenvalue weighted by molar-refractivity contribution is 6.05. The Morgan fingerprint density at radius 1 is 1.00 bits per heavy atom. The summed E-state index contributed by atoms with van der Waals surface area (Å²) in [7, 11) is 0. The predicted molar refractivity (Wildman–Crippen MR) is 149 cm³/mol. The number of para-hydroxylation sites is 1. The largest absolute Gasteiger partial charge is 0.437 e. The van der Waals surface area contributed by atoms with Gasteiger partial charge in [-0.3, -0.25) is 14.6 Å². The molecule has 0 bridgehead atoms. The number of nitrogens with one attached hydrogen (secondary N) is 2. The van der Waals surface area contributed by atoms with Gasteiger partial charge in [0.1, 0.15) is 0 Å². The molecule has 1 saturated heterocycles. The molecule has 1 unspecified atom stereocenters. The molecule has 11 heteroatoms. The highest BCUT2D eigenvalue weighted by Gasteiger charge is 2.42. The minimum Gasteiger partial charge on any atom is -0.417 e. The fraction of sp³-hybridized carbons (Fsp3) is 0.267. The molecule has 8 nitrogen and oxygen atoms in total. The van der Waals surface area contributed by atoms with Crippen LogP contribution in [0.3, 0.4) is 0 Å². The number of anilines is 3. The molecule has 2 aromatic carbocycles. The first kappa shape index (κ1) is 27.9. The second-order valence-electron chi connectivity index (χ2n) is 10.1. The van der Waals surface area contributed by atoms with Gasteiger partial charge in [0, 0.05) is 36.2 Å². The zero-order valence-corrected chi connectivity index (χ0v) is 22.5. The predicted octanol–water partition coefficient (Wildman–Crippen LogP) is 6.80. The van der Waals surface area contributed by atoms with Crippen LogP contribution in [0, 0.1) is 12.8 Å². The van der Waals surface area contributed by atoms with Crippen molar-refractivity contribution in [1.82, 2.24) is 9.97 Å². The van der Waals surface area contributed by atoms with E-state index in [9.17, 15) is 22.8 Å². The molecule has 0 radical (unpaired) electrons. The molecule has 5 rings (SSSR count). The number of carbonyl (C=O) groups is 2. The van der Waals surface area contributed by atoms with Gasteiger partial charge in [-0.15, -0.1) is 0 Å². The number of amides is 2. The lowest BCUT2D eigenvalue weighted by molar-refractivity contribution is -0.141. The number of alkyl halides is 3. The SMILES string of the molecule is Cc1ccccc1NC(=O)c1ccc(-c2ccc(NC(=O)c3oc(N4CCCC(C)C4)nc3C(F)(F)F)cc2)nc1. The first-order valence-electron chi connectivity index (χ1n) is 13.2. The molecule has 1 fully saturated rings. The number of hydrogen-bond donors (Lipinski definition) is 2. The Hall–Kier alpha value is -4.67. The molecule has 2 amide bonds. The number of benzene rings is 2. The van der Waals surface area contributed by atoms with Crippen LogP contribution < -0.4 is 15.5 Å². The minimum atomic E-state index is -4.85. The van der Waals surface area contributed by atoms with Crippen molar-refractivity contribution in [2.24, 2.45) is 5.92 Å². The Morgan fingerprint density at radius 3 is 2.41 bits per heavy atom. The lowest BCUT2D eigenvalue weighted by atomic mass is 10.0. The van der Waals surface area contributed by atoms with Crippen molar-refractivity contribution < 1.29 is 27.2 Å². The Kier molecular flexibility index (Phi) is 7.78. The average Bonchev–Trinajstić information content (AvgIpc) is 3.42. The number of halogens is 3. The lowest BCUT2D eigenvalue weighted by Gasteiger charge is -2.29. The summed E-state index contributed by atoms with van der Waals surface area (Å²) in [5, 5.41) is 5.32. The van der Waals surface area contributed by atoms with Crippen LogP contribution in [0.25, 0.3) is 11.3 Å². The van der Waals surface area contributed by atoms with Gasteiger partial charge >= 0.3 is 6.18 Å². The fourth-order valence-electron chi connectivity index (χ4n) is 4.67. The normalized spacial score (nSPS) is 15.4. The topological polar surface area (TPSA) is 100 Å². The van der Waals surface area contributed by atoms with Crippen molar-refractivity contribution >= 4 is 29.2 Å². The van der Waals surface area contributed by atoms with Gasteiger partial charge in [0.25, 0.3) is 17.8 Å². The van der Waals surface area contributed by atoms with Gasteiger partial charge in [0.05, 0.1) is 11.3 Å². The summed E-state index contributed by atoms with van der Waals surface area (Å²) in [6.45, 7) is 4.92. The molecular formula is C30H28F3N5O3. The summed E-state index contributed by atoms with van der Waals surface area (Å²) < 4.78 is 46.5. The quantitative estimate of drug-likeness (QED) is 0.268. The van der Waals surface area contributed by atoms with Crippen LogP contribution in [0.5, 0.6) is 0 Å². The summed E-state index contributed by atoms with van der Waals surface area (Å²) in [5.74, 6) is -1.94. The van der Waals surface area contributed by atoms with Crippen LogP contribution in [-0.4, -0.2) is 34.9 Å². The number of aromatic nitrogens is 2. The van der Waals surface area contributed by atoms with Crippen LogP contribution in [0.4, 0.5) is 30.6 Å². The molecule has 3 heterocycles. The molecule has 212 valence electrons. The average molecular weight is 564 g/mol. The number of carbonyl (C=O) groups excluding carboxylic acids is 2. The van der Waals surface area contributed by atoms with Crippen molar-refractivity contribution in [3.8, 4) is 11.3 Å². The molecule has 0 spiro atoms. The first-order chi connectivity index (χ1) is 19.6. The van der Waals surface area contributed by atoms with E-state index in [1.807, 2.05) is 38.1 Å². The Morgan fingerprint density at radius 2 is 1.76 bits per heavy atom. The highest BCUT2D eigenvalue weighted by Crippen LogP contribution is 2.35. The molecule has 2 aromatic heterocycles. The maximum absolute atomic E-state index is 13.7. The fourth-order valence-corrected chi connectivity index (χ4v) is 4.67. The van der Waals surface area contributed by atoms with Gasteiger partial charge in [0.15, 0.2) is 5.69 Å². The zero-order valence-electron chi connectivity index (χ0n) is 22.5. The molecule has 0 saturated carbocycles. The van der Waals surface area contributed by atoms with Gasteiger partial charge in [-0.05, 0) is 61.6 Å². The number of pyridine rings is 1. The standard InChI is InChI=1S/C30H28F3N5O3/c1-18-6-5-15-38(17-18)29-37-26(30(31,32)33)25(41-29)28(40)35-22-12-9-20(10-13-22)24-14-11-21(16-34-24)27(39)36-23-8-4-3-7-19(23)2/h3-4,7-14,16,18H,5-6,15,17H2,1-2H3,(H,35,40)(H,36,39). The van der Waals surface area contributed by atoms with Crippen molar-refractivity contribution in [2.75, 3.05) is 28.6 Å². The van der Waals surface area contributed by atoms with E-state index in [-0.39, 0.29) is 23.5 Å². The number of rotatable bonds is 6. The minimum absolute atomic E-state index is 0.202.